The number of carbonyl (C=O) groups excluding carboxylic acids is 2. The van der Waals surface area contributed by atoms with Gasteiger partial charge in [0.25, 0.3) is 11.8 Å². The SMILES string of the molecule is O=C(NC1CCN(C(=O)c2ccc(OCC3CCCO3)cc2)CC1)c1ccccc1. The lowest BCUT2D eigenvalue weighted by Gasteiger charge is -2.32. The summed E-state index contributed by atoms with van der Waals surface area (Å²) in [4.78, 5) is 27.0. The van der Waals surface area contributed by atoms with Gasteiger partial charge in [-0.25, -0.2) is 0 Å². The molecule has 2 amide bonds. The minimum absolute atomic E-state index is 0.0218. The molecule has 1 unspecified atom stereocenters. The van der Waals surface area contributed by atoms with Gasteiger partial charge in [-0.15, -0.1) is 0 Å². The molecule has 0 bridgehead atoms. The van der Waals surface area contributed by atoms with Crippen molar-refractivity contribution >= 4 is 11.8 Å². The van der Waals surface area contributed by atoms with Crippen molar-refractivity contribution < 1.29 is 19.1 Å². The first-order valence-electron chi connectivity index (χ1n) is 10.7. The number of likely N-dealkylation sites (tertiary alicyclic amines) is 1. The van der Waals surface area contributed by atoms with E-state index in [1.165, 1.54) is 0 Å². The van der Waals surface area contributed by atoms with Gasteiger partial charge in [0.1, 0.15) is 12.4 Å². The van der Waals surface area contributed by atoms with E-state index in [-0.39, 0.29) is 24.0 Å². The quantitative estimate of drug-likeness (QED) is 0.797. The van der Waals surface area contributed by atoms with Gasteiger partial charge < -0.3 is 19.7 Å². The highest BCUT2D eigenvalue weighted by molar-refractivity contribution is 5.95. The summed E-state index contributed by atoms with van der Waals surface area (Å²) < 4.78 is 11.3. The molecule has 2 aromatic carbocycles. The topological polar surface area (TPSA) is 67.9 Å². The van der Waals surface area contributed by atoms with Crippen molar-refractivity contribution in [2.45, 2.75) is 37.8 Å². The van der Waals surface area contributed by atoms with Gasteiger partial charge >= 0.3 is 0 Å². The second-order valence-electron chi connectivity index (χ2n) is 7.88. The molecule has 1 N–H and O–H groups in total. The molecule has 158 valence electrons. The summed E-state index contributed by atoms with van der Waals surface area (Å²) in [5.74, 6) is 0.719. The lowest BCUT2D eigenvalue weighted by Crippen LogP contribution is -2.46. The fourth-order valence-corrected chi connectivity index (χ4v) is 3.93. The zero-order valence-corrected chi connectivity index (χ0v) is 17.1. The first-order chi connectivity index (χ1) is 14.7. The predicted octanol–water partition coefficient (Wildman–Crippen LogP) is 3.28. The molecule has 2 fully saturated rings. The van der Waals surface area contributed by atoms with Crippen LogP contribution in [0.15, 0.2) is 54.6 Å². The molecule has 0 aromatic heterocycles. The van der Waals surface area contributed by atoms with Crippen molar-refractivity contribution in [3.05, 3.63) is 65.7 Å². The molecule has 6 heteroatoms. The third-order valence-electron chi connectivity index (χ3n) is 5.71. The molecule has 2 heterocycles. The van der Waals surface area contributed by atoms with Crippen LogP contribution in [0.1, 0.15) is 46.4 Å². The van der Waals surface area contributed by atoms with Gasteiger partial charge in [-0.05, 0) is 62.1 Å². The molecule has 1 atom stereocenters. The summed E-state index contributed by atoms with van der Waals surface area (Å²) in [5, 5.41) is 3.08. The second-order valence-corrected chi connectivity index (χ2v) is 7.88. The van der Waals surface area contributed by atoms with Crippen LogP contribution in [0, 0.1) is 0 Å². The number of nitrogens with zero attached hydrogens (tertiary/aromatic N) is 1. The van der Waals surface area contributed by atoms with Crippen molar-refractivity contribution in [2.24, 2.45) is 0 Å². The maximum Gasteiger partial charge on any atom is 0.253 e. The maximum atomic E-state index is 12.8. The molecule has 6 nitrogen and oxygen atoms in total. The largest absolute Gasteiger partial charge is 0.491 e. The fraction of sp³-hybridized carbons (Fsp3) is 0.417. The normalized spacial score (nSPS) is 19.5. The summed E-state index contributed by atoms with van der Waals surface area (Å²) in [6.45, 7) is 2.63. The molecule has 0 saturated carbocycles. The van der Waals surface area contributed by atoms with E-state index in [2.05, 4.69) is 5.32 Å². The maximum absolute atomic E-state index is 12.8. The van der Waals surface area contributed by atoms with Crippen LogP contribution in [0.25, 0.3) is 0 Å². The molecule has 0 radical (unpaired) electrons. The van der Waals surface area contributed by atoms with Gasteiger partial charge in [0.2, 0.25) is 0 Å². The first-order valence-corrected chi connectivity index (χ1v) is 10.7. The minimum atomic E-state index is -0.0565. The van der Waals surface area contributed by atoms with Crippen LogP contribution in [0.5, 0.6) is 5.75 Å². The molecular formula is C24H28N2O4. The van der Waals surface area contributed by atoms with E-state index in [4.69, 9.17) is 9.47 Å². The van der Waals surface area contributed by atoms with Crippen LogP contribution in [-0.4, -0.2) is 55.2 Å². The van der Waals surface area contributed by atoms with Crippen LogP contribution in [0.3, 0.4) is 0 Å². The van der Waals surface area contributed by atoms with E-state index in [1.54, 1.807) is 0 Å². The average molecular weight is 408 g/mol. The molecular weight excluding hydrogens is 380 g/mol. The summed E-state index contributed by atoms with van der Waals surface area (Å²) in [7, 11) is 0. The molecule has 2 aliphatic heterocycles. The van der Waals surface area contributed by atoms with Crippen LogP contribution in [0.2, 0.25) is 0 Å². The first kappa shape index (κ1) is 20.4. The van der Waals surface area contributed by atoms with E-state index in [9.17, 15) is 9.59 Å². The van der Waals surface area contributed by atoms with Crippen molar-refractivity contribution in [1.29, 1.82) is 0 Å². The van der Waals surface area contributed by atoms with Crippen molar-refractivity contribution in [1.82, 2.24) is 10.2 Å². The Labute approximate surface area is 177 Å². The number of hydrogen-bond donors (Lipinski definition) is 1. The third kappa shape index (κ3) is 5.19. The van der Waals surface area contributed by atoms with Crippen LogP contribution < -0.4 is 10.1 Å². The van der Waals surface area contributed by atoms with Gasteiger partial charge in [0, 0.05) is 36.9 Å². The van der Waals surface area contributed by atoms with E-state index >= 15 is 0 Å². The fourth-order valence-electron chi connectivity index (χ4n) is 3.93. The number of piperidine rings is 1. The van der Waals surface area contributed by atoms with Crippen molar-refractivity contribution in [3.63, 3.8) is 0 Å². The highest BCUT2D eigenvalue weighted by atomic mass is 16.5. The Morgan fingerprint density at radius 3 is 2.37 bits per heavy atom. The minimum Gasteiger partial charge on any atom is -0.491 e. The molecule has 0 spiro atoms. The molecule has 2 aliphatic rings. The summed E-state index contributed by atoms with van der Waals surface area (Å²) in [6.07, 6.45) is 3.82. The number of rotatable bonds is 6. The smallest absolute Gasteiger partial charge is 0.253 e. The van der Waals surface area contributed by atoms with E-state index in [0.717, 1.165) is 38.0 Å². The average Bonchev–Trinajstić information content (AvgIpc) is 3.32. The standard InChI is InChI=1S/C24H28N2O4/c27-23(18-5-2-1-3-6-18)25-20-12-14-26(15-13-20)24(28)19-8-10-21(11-9-19)30-17-22-7-4-16-29-22/h1-3,5-6,8-11,20,22H,4,7,12-17H2,(H,25,27). The van der Waals surface area contributed by atoms with E-state index in [1.807, 2.05) is 59.5 Å². The third-order valence-corrected chi connectivity index (χ3v) is 5.71. The van der Waals surface area contributed by atoms with Gasteiger partial charge in [0.05, 0.1) is 6.10 Å². The molecule has 0 aliphatic carbocycles. The Morgan fingerprint density at radius 2 is 1.70 bits per heavy atom. The van der Waals surface area contributed by atoms with E-state index < -0.39 is 0 Å². The number of nitrogens with one attached hydrogen (secondary N) is 1. The number of benzene rings is 2. The Morgan fingerprint density at radius 1 is 0.967 bits per heavy atom. The van der Waals surface area contributed by atoms with Crippen molar-refractivity contribution in [3.8, 4) is 5.75 Å². The zero-order chi connectivity index (χ0) is 20.8. The Hall–Kier alpha value is -2.86. The van der Waals surface area contributed by atoms with Crippen LogP contribution >= 0.6 is 0 Å². The summed E-state index contributed by atoms with van der Waals surface area (Å²) in [5.41, 5.74) is 1.32. The molecule has 4 rings (SSSR count). The Bertz CT molecular complexity index is 839. The Balaban J connectivity index is 1.24. The van der Waals surface area contributed by atoms with Crippen LogP contribution in [-0.2, 0) is 4.74 Å². The number of hydrogen-bond acceptors (Lipinski definition) is 4. The molecule has 30 heavy (non-hydrogen) atoms. The van der Waals surface area contributed by atoms with Gasteiger partial charge in [0.15, 0.2) is 0 Å². The highest BCUT2D eigenvalue weighted by Crippen LogP contribution is 2.19. The van der Waals surface area contributed by atoms with Gasteiger partial charge in [-0.2, -0.15) is 0 Å². The number of amides is 2. The van der Waals surface area contributed by atoms with Gasteiger partial charge in [-0.1, -0.05) is 18.2 Å². The summed E-state index contributed by atoms with van der Waals surface area (Å²) in [6, 6.07) is 16.6. The lowest BCUT2D eigenvalue weighted by molar-refractivity contribution is 0.0676. The van der Waals surface area contributed by atoms with Gasteiger partial charge in [-0.3, -0.25) is 9.59 Å². The second kappa shape index (κ2) is 9.76. The lowest BCUT2D eigenvalue weighted by atomic mass is 10.0. The van der Waals surface area contributed by atoms with E-state index in [0.29, 0.717) is 30.8 Å². The van der Waals surface area contributed by atoms with Crippen LogP contribution in [0.4, 0.5) is 0 Å². The van der Waals surface area contributed by atoms with Crippen molar-refractivity contribution in [2.75, 3.05) is 26.3 Å². The molecule has 2 saturated heterocycles. The molecule has 2 aromatic rings. The highest BCUT2D eigenvalue weighted by Gasteiger charge is 2.25. The Kier molecular flexibility index (Phi) is 6.64. The monoisotopic (exact) mass is 408 g/mol. The zero-order valence-electron chi connectivity index (χ0n) is 17.1. The number of ether oxygens (including phenoxy) is 2. The predicted molar refractivity (Wildman–Crippen MR) is 114 cm³/mol. The number of carbonyl (C=O) groups is 2. The summed E-state index contributed by atoms with van der Waals surface area (Å²) >= 11 is 0.